The van der Waals surface area contributed by atoms with Gasteiger partial charge < -0.3 is 9.84 Å². The zero-order chi connectivity index (χ0) is 16.4. The van der Waals surface area contributed by atoms with Crippen LogP contribution in [-0.2, 0) is 4.79 Å². The molecule has 22 heavy (non-hydrogen) atoms. The molecular weight excluding hydrogens is 280 g/mol. The van der Waals surface area contributed by atoms with Crippen molar-refractivity contribution < 1.29 is 14.6 Å². The number of methoxy groups -OCH3 is 1. The molecule has 5 heteroatoms. The number of carbonyl (C=O) groups excluding carboxylic acids is 1. The van der Waals surface area contributed by atoms with E-state index in [1.165, 1.54) is 26.4 Å². The molecule has 1 aromatic rings. The summed E-state index contributed by atoms with van der Waals surface area (Å²) < 4.78 is 5.05. The van der Waals surface area contributed by atoms with Gasteiger partial charge in [-0.05, 0) is 31.5 Å². The maximum atomic E-state index is 11.7. The summed E-state index contributed by atoms with van der Waals surface area (Å²) in [5, 5.41) is 13.7. The number of carbonyl (C=O) groups is 1. The van der Waals surface area contributed by atoms with E-state index in [4.69, 9.17) is 4.74 Å². The van der Waals surface area contributed by atoms with Gasteiger partial charge >= 0.3 is 0 Å². The molecule has 0 fully saturated rings. The minimum absolute atomic E-state index is 0.0680. The predicted octanol–water partition coefficient (Wildman–Crippen LogP) is 3.60. The van der Waals surface area contributed by atoms with Gasteiger partial charge in [0.15, 0.2) is 11.5 Å². The van der Waals surface area contributed by atoms with Gasteiger partial charge in [-0.1, -0.05) is 32.6 Å². The molecule has 0 saturated carbocycles. The van der Waals surface area contributed by atoms with Crippen molar-refractivity contribution in [3.63, 3.8) is 0 Å². The Morgan fingerprint density at radius 2 is 2.00 bits per heavy atom. The normalized spacial score (nSPS) is 11.3. The Labute approximate surface area is 132 Å². The molecule has 0 aliphatic heterocycles. The van der Waals surface area contributed by atoms with Crippen LogP contribution in [0.15, 0.2) is 23.3 Å². The van der Waals surface area contributed by atoms with E-state index in [-0.39, 0.29) is 11.7 Å². The third-order valence-electron chi connectivity index (χ3n) is 3.45. The van der Waals surface area contributed by atoms with Crippen LogP contribution >= 0.6 is 0 Å². The van der Waals surface area contributed by atoms with Gasteiger partial charge in [0, 0.05) is 12.0 Å². The summed E-state index contributed by atoms with van der Waals surface area (Å²) in [6.45, 7) is 3.97. The number of hydrogen-bond donors (Lipinski definition) is 2. The first-order chi connectivity index (χ1) is 10.6. The Hall–Kier alpha value is -2.04. The number of nitrogens with one attached hydrogen (secondary N) is 1. The lowest BCUT2D eigenvalue weighted by molar-refractivity contribution is -0.121. The fourth-order valence-corrected chi connectivity index (χ4v) is 2.06. The third-order valence-corrected chi connectivity index (χ3v) is 3.45. The molecule has 0 saturated heterocycles. The van der Waals surface area contributed by atoms with Gasteiger partial charge in [-0.15, -0.1) is 0 Å². The minimum Gasteiger partial charge on any atom is -0.504 e. The van der Waals surface area contributed by atoms with E-state index >= 15 is 0 Å². The molecule has 0 aromatic heterocycles. The number of nitrogens with zero attached hydrogens (tertiary/aromatic N) is 1. The molecule has 0 bridgehead atoms. The van der Waals surface area contributed by atoms with Crippen molar-refractivity contribution in [1.82, 2.24) is 5.43 Å². The molecular formula is C17H26N2O3. The summed E-state index contributed by atoms with van der Waals surface area (Å²) in [4.78, 5) is 11.7. The summed E-state index contributed by atoms with van der Waals surface area (Å²) in [5.74, 6) is 0.394. The maximum absolute atomic E-state index is 11.7. The van der Waals surface area contributed by atoms with Crippen LogP contribution in [-0.4, -0.2) is 23.8 Å². The molecule has 0 atom stereocenters. The molecule has 0 heterocycles. The number of phenolic OH excluding ortho intramolecular Hbond substituents is 1. The van der Waals surface area contributed by atoms with Gasteiger partial charge in [-0.3, -0.25) is 4.79 Å². The molecule has 0 aliphatic rings. The highest BCUT2D eigenvalue weighted by Gasteiger charge is 2.06. The maximum Gasteiger partial charge on any atom is 0.240 e. The van der Waals surface area contributed by atoms with Crippen molar-refractivity contribution in [2.45, 2.75) is 52.4 Å². The number of rotatable bonds is 9. The second kappa shape index (κ2) is 9.82. The largest absolute Gasteiger partial charge is 0.504 e. The molecule has 1 rings (SSSR count). The Morgan fingerprint density at radius 1 is 1.27 bits per heavy atom. The Kier molecular flexibility index (Phi) is 8.04. The van der Waals surface area contributed by atoms with Crippen LogP contribution in [0.5, 0.6) is 11.5 Å². The third kappa shape index (κ3) is 6.16. The lowest BCUT2D eigenvalue weighted by atomic mass is 10.1. The Balaban J connectivity index is 2.46. The second-order valence-corrected chi connectivity index (χ2v) is 5.28. The molecule has 5 nitrogen and oxygen atoms in total. The first-order valence-corrected chi connectivity index (χ1v) is 7.79. The average Bonchev–Trinajstić information content (AvgIpc) is 2.52. The monoisotopic (exact) mass is 306 g/mol. The highest BCUT2D eigenvalue weighted by atomic mass is 16.5. The van der Waals surface area contributed by atoms with Gasteiger partial charge in [0.05, 0.1) is 12.8 Å². The smallest absolute Gasteiger partial charge is 0.240 e. The number of unbranched alkanes of at least 4 members (excludes halogenated alkanes) is 4. The second-order valence-electron chi connectivity index (χ2n) is 5.28. The molecule has 0 aliphatic carbocycles. The summed E-state index contributed by atoms with van der Waals surface area (Å²) in [7, 11) is 1.49. The van der Waals surface area contributed by atoms with Crippen molar-refractivity contribution in [1.29, 1.82) is 0 Å². The number of ether oxygens (including phenoxy) is 1. The van der Waals surface area contributed by atoms with Crippen LogP contribution in [0.3, 0.4) is 0 Å². The summed E-state index contributed by atoms with van der Waals surface area (Å²) in [6.07, 6.45) is 6.08. The zero-order valence-electron chi connectivity index (χ0n) is 13.7. The van der Waals surface area contributed by atoms with E-state index in [1.807, 2.05) is 0 Å². The van der Waals surface area contributed by atoms with E-state index in [0.717, 1.165) is 18.4 Å². The SMILES string of the molecule is CCCCCCCC(=O)NN=C(C)c1ccc(O)c(OC)c1. The van der Waals surface area contributed by atoms with E-state index in [2.05, 4.69) is 17.5 Å². The summed E-state index contributed by atoms with van der Waals surface area (Å²) in [5.41, 5.74) is 4.02. The lowest BCUT2D eigenvalue weighted by Crippen LogP contribution is -2.18. The average molecular weight is 306 g/mol. The van der Waals surface area contributed by atoms with Gasteiger partial charge in [0.25, 0.3) is 0 Å². The molecule has 122 valence electrons. The van der Waals surface area contributed by atoms with Crippen LogP contribution in [0.25, 0.3) is 0 Å². The number of hydrogen-bond acceptors (Lipinski definition) is 4. The number of phenols is 1. The van der Waals surface area contributed by atoms with Crippen molar-refractivity contribution in [2.24, 2.45) is 5.10 Å². The van der Waals surface area contributed by atoms with Gasteiger partial charge in [-0.2, -0.15) is 5.10 Å². The topological polar surface area (TPSA) is 70.9 Å². The quantitative estimate of drug-likeness (QED) is 0.416. The number of amides is 1. The van der Waals surface area contributed by atoms with Crippen LogP contribution in [0.2, 0.25) is 0 Å². The van der Waals surface area contributed by atoms with Crippen molar-refractivity contribution >= 4 is 11.6 Å². The molecule has 1 aromatic carbocycles. The van der Waals surface area contributed by atoms with Gasteiger partial charge in [-0.25, -0.2) is 5.43 Å². The summed E-state index contributed by atoms with van der Waals surface area (Å²) in [6, 6.07) is 4.96. The van der Waals surface area contributed by atoms with Crippen molar-refractivity contribution in [2.75, 3.05) is 7.11 Å². The van der Waals surface area contributed by atoms with Crippen molar-refractivity contribution in [3.05, 3.63) is 23.8 Å². The fraction of sp³-hybridized carbons (Fsp3) is 0.529. The standard InChI is InChI=1S/C17H26N2O3/c1-4-5-6-7-8-9-17(21)19-18-13(2)14-10-11-15(20)16(12-14)22-3/h10-12,20H,4-9H2,1-3H3,(H,19,21). The summed E-state index contributed by atoms with van der Waals surface area (Å²) >= 11 is 0. The number of aromatic hydroxyl groups is 1. The lowest BCUT2D eigenvalue weighted by Gasteiger charge is -2.07. The fourth-order valence-electron chi connectivity index (χ4n) is 2.06. The van der Waals surface area contributed by atoms with Crippen LogP contribution in [0.1, 0.15) is 57.9 Å². The number of hydrazone groups is 1. The van der Waals surface area contributed by atoms with Crippen LogP contribution in [0, 0.1) is 0 Å². The molecule has 2 N–H and O–H groups in total. The van der Waals surface area contributed by atoms with Gasteiger partial charge in [0.2, 0.25) is 5.91 Å². The number of benzene rings is 1. The molecule has 1 amide bonds. The first-order valence-electron chi connectivity index (χ1n) is 7.79. The highest BCUT2D eigenvalue weighted by molar-refractivity contribution is 5.99. The van der Waals surface area contributed by atoms with E-state index in [9.17, 15) is 9.90 Å². The molecule has 0 spiro atoms. The van der Waals surface area contributed by atoms with E-state index < -0.39 is 0 Å². The van der Waals surface area contributed by atoms with Crippen molar-refractivity contribution in [3.8, 4) is 11.5 Å². The highest BCUT2D eigenvalue weighted by Crippen LogP contribution is 2.26. The zero-order valence-corrected chi connectivity index (χ0v) is 13.7. The molecule has 0 radical (unpaired) electrons. The Bertz CT molecular complexity index is 513. The van der Waals surface area contributed by atoms with E-state index in [0.29, 0.717) is 17.9 Å². The Morgan fingerprint density at radius 3 is 2.68 bits per heavy atom. The van der Waals surface area contributed by atoms with Crippen LogP contribution < -0.4 is 10.2 Å². The van der Waals surface area contributed by atoms with Crippen LogP contribution in [0.4, 0.5) is 0 Å². The predicted molar refractivity (Wildman–Crippen MR) is 88.4 cm³/mol. The first kappa shape index (κ1) is 18.0. The van der Waals surface area contributed by atoms with E-state index in [1.54, 1.807) is 25.1 Å². The minimum atomic E-state index is -0.0680. The molecule has 0 unspecified atom stereocenters. The van der Waals surface area contributed by atoms with Gasteiger partial charge in [0.1, 0.15) is 0 Å².